The van der Waals surface area contributed by atoms with Gasteiger partial charge in [0.05, 0.1) is 30.1 Å². The lowest BCUT2D eigenvalue weighted by atomic mass is 10.1. The van der Waals surface area contributed by atoms with Crippen molar-refractivity contribution in [2.45, 2.75) is 22.8 Å². The van der Waals surface area contributed by atoms with Crippen molar-refractivity contribution in [1.29, 1.82) is 0 Å². The van der Waals surface area contributed by atoms with Crippen LogP contribution in [0.15, 0.2) is 87.0 Å². The molecule has 3 rings (SSSR count). The molecule has 0 saturated heterocycles. The van der Waals surface area contributed by atoms with E-state index in [2.05, 4.69) is 0 Å². The minimum atomic E-state index is -2.87. The number of hydrogen-bond donors (Lipinski definition) is 0. The third-order valence-electron chi connectivity index (χ3n) is 4.42. The SMILES string of the molecule is COc1ccc(C(C)N=S(=O)(c2ccc(Cl)cc2)c2ccc(OC)cc2)cc1. The second-order valence-corrected chi connectivity index (χ2v) is 8.85. The molecule has 146 valence electrons. The van der Waals surface area contributed by atoms with Crippen molar-refractivity contribution in [2.75, 3.05) is 14.2 Å². The average Bonchev–Trinajstić information content (AvgIpc) is 2.74. The maximum absolute atomic E-state index is 14.1. The summed E-state index contributed by atoms with van der Waals surface area (Å²) in [5, 5.41) is 0.587. The van der Waals surface area contributed by atoms with Gasteiger partial charge in [0.15, 0.2) is 0 Å². The Morgan fingerprint density at radius 1 is 0.786 bits per heavy atom. The van der Waals surface area contributed by atoms with E-state index in [9.17, 15) is 4.21 Å². The Morgan fingerprint density at radius 3 is 1.68 bits per heavy atom. The molecular weight excluding hydrogens is 394 g/mol. The van der Waals surface area contributed by atoms with E-state index < -0.39 is 9.73 Å². The minimum Gasteiger partial charge on any atom is -0.497 e. The van der Waals surface area contributed by atoms with Gasteiger partial charge in [-0.3, -0.25) is 0 Å². The molecule has 0 saturated carbocycles. The second-order valence-electron chi connectivity index (χ2n) is 6.21. The Bertz CT molecular complexity index is 1040. The normalized spacial score (nSPS) is 14.0. The highest BCUT2D eigenvalue weighted by Crippen LogP contribution is 2.31. The Kier molecular flexibility index (Phi) is 6.27. The van der Waals surface area contributed by atoms with Crippen molar-refractivity contribution >= 4 is 21.3 Å². The van der Waals surface area contributed by atoms with Crippen molar-refractivity contribution < 1.29 is 13.7 Å². The van der Waals surface area contributed by atoms with Crippen molar-refractivity contribution in [3.63, 3.8) is 0 Å². The van der Waals surface area contributed by atoms with E-state index in [4.69, 9.17) is 25.4 Å². The van der Waals surface area contributed by atoms with E-state index in [1.54, 1.807) is 62.8 Å². The monoisotopic (exact) mass is 415 g/mol. The van der Waals surface area contributed by atoms with Gasteiger partial charge in [0, 0.05) is 5.02 Å². The van der Waals surface area contributed by atoms with Gasteiger partial charge in [-0.2, -0.15) is 0 Å². The summed E-state index contributed by atoms with van der Waals surface area (Å²) in [7, 11) is 0.352. The van der Waals surface area contributed by atoms with Crippen LogP contribution in [0.2, 0.25) is 5.02 Å². The van der Waals surface area contributed by atoms with Crippen LogP contribution in [-0.2, 0) is 9.73 Å². The second kappa shape index (κ2) is 8.67. The van der Waals surface area contributed by atoms with E-state index >= 15 is 0 Å². The first kappa shape index (κ1) is 20.2. The van der Waals surface area contributed by atoms with Gasteiger partial charge in [0.1, 0.15) is 21.2 Å². The zero-order chi connectivity index (χ0) is 20.1. The minimum absolute atomic E-state index is 0.281. The molecule has 0 fully saturated rings. The van der Waals surface area contributed by atoms with Crippen LogP contribution in [0, 0.1) is 0 Å². The Morgan fingerprint density at radius 2 is 1.21 bits per heavy atom. The van der Waals surface area contributed by atoms with Gasteiger partial charge in [-0.1, -0.05) is 23.7 Å². The van der Waals surface area contributed by atoms with Gasteiger partial charge >= 0.3 is 0 Å². The van der Waals surface area contributed by atoms with Crippen LogP contribution in [-0.4, -0.2) is 18.4 Å². The fourth-order valence-corrected chi connectivity index (χ4v) is 5.02. The summed E-state index contributed by atoms with van der Waals surface area (Å²) in [5.74, 6) is 1.47. The van der Waals surface area contributed by atoms with Crippen molar-refractivity contribution in [3.8, 4) is 11.5 Å². The van der Waals surface area contributed by atoms with Crippen LogP contribution < -0.4 is 9.47 Å². The summed E-state index contributed by atoms with van der Waals surface area (Å²) in [6, 6.07) is 21.5. The lowest BCUT2D eigenvalue weighted by Gasteiger charge is -2.16. The number of rotatable bonds is 6. The molecule has 0 heterocycles. The van der Waals surface area contributed by atoms with Crippen LogP contribution in [0.5, 0.6) is 11.5 Å². The van der Waals surface area contributed by atoms with Gasteiger partial charge in [-0.15, -0.1) is 0 Å². The summed E-state index contributed by atoms with van der Waals surface area (Å²) < 4.78 is 29.3. The van der Waals surface area contributed by atoms with Gasteiger partial charge in [-0.25, -0.2) is 8.57 Å². The first-order valence-corrected chi connectivity index (χ1v) is 10.7. The van der Waals surface area contributed by atoms with E-state index in [0.717, 1.165) is 11.3 Å². The highest BCUT2D eigenvalue weighted by atomic mass is 35.5. The molecule has 4 nitrogen and oxygen atoms in total. The van der Waals surface area contributed by atoms with Crippen LogP contribution in [0.1, 0.15) is 18.5 Å². The fraction of sp³-hybridized carbons (Fsp3) is 0.182. The zero-order valence-corrected chi connectivity index (χ0v) is 17.5. The molecule has 6 heteroatoms. The van der Waals surface area contributed by atoms with Crippen molar-refractivity contribution in [3.05, 3.63) is 83.4 Å². The summed E-state index contributed by atoms with van der Waals surface area (Å²) in [4.78, 5) is 1.23. The molecule has 0 aromatic heterocycles. The van der Waals surface area contributed by atoms with Gasteiger partial charge < -0.3 is 9.47 Å². The quantitative estimate of drug-likeness (QED) is 0.495. The summed E-state index contributed by atoms with van der Waals surface area (Å²) in [6.07, 6.45) is 0. The number of halogens is 1. The third kappa shape index (κ3) is 4.32. The molecule has 28 heavy (non-hydrogen) atoms. The molecule has 0 aliphatic rings. The number of benzene rings is 3. The van der Waals surface area contributed by atoms with Crippen LogP contribution in [0.3, 0.4) is 0 Å². The molecule has 0 radical (unpaired) electrons. The van der Waals surface area contributed by atoms with Crippen molar-refractivity contribution in [1.82, 2.24) is 0 Å². The van der Waals surface area contributed by atoms with Crippen LogP contribution in [0.25, 0.3) is 0 Å². The maximum Gasteiger partial charge on any atom is 0.118 e. The predicted octanol–water partition coefficient (Wildman–Crippen LogP) is 6.00. The number of nitrogens with zero attached hydrogens (tertiary/aromatic N) is 1. The van der Waals surface area contributed by atoms with Crippen LogP contribution in [0.4, 0.5) is 0 Å². The molecule has 0 spiro atoms. The number of methoxy groups -OCH3 is 2. The largest absolute Gasteiger partial charge is 0.497 e. The topological polar surface area (TPSA) is 47.9 Å². The molecule has 0 aliphatic carbocycles. The van der Waals surface area contributed by atoms with E-state index in [1.165, 1.54) is 0 Å². The molecule has 2 atom stereocenters. The third-order valence-corrected chi connectivity index (χ3v) is 7.10. The zero-order valence-electron chi connectivity index (χ0n) is 16.0. The van der Waals surface area contributed by atoms with E-state index in [-0.39, 0.29) is 6.04 Å². The Hall–Kier alpha value is -2.50. The lowest BCUT2D eigenvalue weighted by Crippen LogP contribution is -2.05. The molecule has 3 aromatic carbocycles. The molecule has 0 aliphatic heterocycles. The smallest absolute Gasteiger partial charge is 0.118 e. The Balaban J connectivity index is 2.12. The number of hydrogen-bond acceptors (Lipinski definition) is 4. The van der Waals surface area contributed by atoms with Crippen LogP contribution >= 0.6 is 11.6 Å². The summed E-state index contributed by atoms with van der Waals surface area (Å²) in [6.45, 7) is 1.93. The summed E-state index contributed by atoms with van der Waals surface area (Å²) >= 11 is 6.03. The van der Waals surface area contributed by atoms with Crippen molar-refractivity contribution in [2.24, 2.45) is 4.36 Å². The summed E-state index contributed by atoms with van der Waals surface area (Å²) in [5.41, 5.74) is 0.955. The predicted molar refractivity (Wildman–Crippen MR) is 113 cm³/mol. The molecule has 0 bridgehead atoms. The molecule has 3 aromatic rings. The van der Waals surface area contributed by atoms with Gasteiger partial charge in [0.25, 0.3) is 0 Å². The fourth-order valence-electron chi connectivity index (χ4n) is 2.80. The maximum atomic E-state index is 14.1. The highest BCUT2D eigenvalue weighted by molar-refractivity contribution is 7.93. The number of ether oxygens (including phenoxy) is 2. The molecule has 0 amide bonds. The lowest BCUT2D eigenvalue weighted by molar-refractivity contribution is 0.414. The molecular formula is C22H22ClNO3S. The highest BCUT2D eigenvalue weighted by Gasteiger charge is 2.19. The first-order chi connectivity index (χ1) is 13.5. The van der Waals surface area contributed by atoms with E-state index in [0.29, 0.717) is 20.6 Å². The van der Waals surface area contributed by atoms with E-state index in [1.807, 2.05) is 31.2 Å². The Labute approximate surface area is 171 Å². The average molecular weight is 416 g/mol. The van der Waals surface area contributed by atoms with Gasteiger partial charge in [-0.05, 0) is 73.2 Å². The first-order valence-electron chi connectivity index (χ1n) is 8.76. The standard InChI is InChI=1S/C22H22ClNO3S/c1-16(17-4-8-19(26-2)9-5-17)24-28(25,21-12-6-18(23)7-13-21)22-14-10-20(27-3)11-15-22/h4-16H,1-3H3. The van der Waals surface area contributed by atoms with Gasteiger partial charge in [0.2, 0.25) is 0 Å². The molecule has 2 unspecified atom stereocenters. The molecule has 0 N–H and O–H groups in total.